The van der Waals surface area contributed by atoms with Gasteiger partial charge in [0.25, 0.3) is 0 Å². The van der Waals surface area contributed by atoms with Crippen LogP contribution in [-0.4, -0.2) is 41.2 Å². The molecular weight excluding hydrogens is 470 g/mol. The van der Waals surface area contributed by atoms with Crippen LogP contribution >= 0.6 is 11.8 Å². The third kappa shape index (κ3) is 4.78. The first-order valence-corrected chi connectivity index (χ1v) is 12.5. The Morgan fingerprint density at radius 2 is 1.61 bits per heavy atom. The Kier molecular flexibility index (Phi) is 6.64. The van der Waals surface area contributed by atoms with E-state index in [1.54, 1.807) is 12.4 Å². The fraction of sp³-hybridized carbons (Fsp3) is 0.148. The molecule has 0 aliphatic carbocycles. The first-order chi connectivity index (χ1) is 17.5. The molecule has 0 bridgehead atoms. The number of carbonyl (C=O) groups is 1. The van der Waals surface area contributed by atoms with E-state index in [2.05, 4.69) is 25.6 Å². The Morgan fingerprint density at radius 3 is 2.33 bits per heavy atom. The molecule has 9 heteroatoms. The van der Waals surface area contributed by atoms with E-state index in [-0.39, 0.29) is 11.7 Å². The van der Waals surface area contributed by atoms with Gasteiger partial charge >= 0.3 is 0 Å². The van der Waals surface area contributed by atoms with E-state index in [0.717, 1.165) is 39.6 Å². The molecule has 180 valence electrons. The van der Waals surface area contributed by atoms with Crippen molar-refractivity contribution in [2.24, 2.45) is 0 Å². The molecule has 0 aliphatic rings. The van der Waals surface area contributed by atoms with E-state index in [1.807, 2.05) is 96.8 Å². The number of para-hydroxylation sites is 1. The van der Waals surface area contributed by atoms with Crippen LogP contribution in [0.3, 0.4) is 0 Å². The van der Waals surface area contributed by atoms with Crippen molar-refractivity contribution in [2.75, 3.05) is 11.1 Å². The van der Waals surface area contributed by atoms with Crippen LogP contribution in [0, 0.1) is 20.8 Å². The van der Waals surface area contributed by atoms with Crippen molar-refractivity contribution in [1.29, 1.82) is 0 Å². The molecule has 1 amide bonds. The van der Waals surface area contributed by atoms with Gasteiger partial charge in [-0.25, -0.2) is 4.68 Å². The lowest BCUT2D eigenvalue weighted by Crippen LogP contribution is -2.15. The second-order valence-electron chi connectivity index (χ2n) is 8.34. The number of aryl methyl sites for hydroxylation is 2. The molecule has 8 nitrogen and oxygen atoms in total. The van der Waals surface area contributed by atoms with Crippen molar-refractivity contribution in [3.05, 3.63) is 96.1 Å². The average molecular weight is 496 g/mol. The molecule has 5 aromatic rings. The number of carbonyl (C=O) groups excluding carboxylic acids is 1. The maximum Gasteiger partial charge on any atom is 0.234 e. The van der Waals surface area contributed by atoms with Gasteiger partial charge in [-0.1, -0.05) is 47.7 Å². The molecule has 0 spiro atoms. The molecule has 0 fully saturated rings. The summed E-state index contributed by atoms with van der Waals surface area (Å²) in [5, 5.41) is 17.1. The van der Waals surface area contributed by atoms with Gasteiger partial charge in [0.05, 0.1) is 28.5 Å². The van der Waals surface area contributed by atoms with Gasteiger partial charge in [0, 0.05) is 23.6 Å². The number of pyridine rings is 1. The maximum atomic E-state index is 13.0. The van der Waals surface area contributed by atoms with Crippen molar-refractivity contribution in [2.45, 2.75) is 25.9 Å². The van der Waals surface area contributed by atoms with E-state index < -0.39 is 0 Å². The summed E-state index contributed by atoms with van der Waals surface area (Å²) in [5.41, 5.74) is 6.29. The molecule has 0 unspecified atom stereocenters. The summed E-state index contributed by atoms with van der Waals surface area (Å²) in [6, 6.07) is 21.8. The monoisotopic (exact) mass is 495 g/mol. The smallest absolute Gasteiger partial charge is 0.234 e. The first kappa shape index (κ1) is 23.5. The number of nitrogens with one attached hydrogen (secondary N) is 1. The van der Waals surface area contributed by atoms with Gasteiger partial charge in [0.1, 0.15) is 0 Å². The lowest BCUT2D eigenvalue weighted by molar-refractivity contribution is -0.113. The summed E-state index contributed by atoms with van der Waals surface area (Å²) >= 11 is 1.34. The topological polar surface area (TPSA) is 90.5 Å². The standard InChI is InChI=1S/C27H25N7OS/c1-18-9-11-22(12-10-18)33-26(21-13-15-28-16-14-21)30-31-27(33)36-17-24(35)29-25-19(2)32-34(20(25)3)23-7-5-4-6-8-23/h4-16H,17H2,1-3H3,(H,29,35). The second kappa shape index (κ2) is 10.2. The molecular formula is C27H25N7OS. The number of thioether (sulfide) groups is 1. The Morgan fingerprint density at radius 1 is 0.889 bits per heavy atom. The number of nitrogens with zero attached hydrogens (tertiary/aromatic N) is 6. The highest BCUT2D eigenvalue weighted by Gasteiger charge is 2.19. The van der Waals surface area contributed by atoms with Gasteiger partial charge in [-0.05, 0) is 57.2 Å². The van der Waals surface area contributed by atoms with E-state index in [9.17, 15) is 4.79 Å². The minimum absolute atomic E-state index is 0.136. The SMILES string of the molecule is Cc1ccc(-n2c(SCC(=O)Nc3c(C)nn(-c4ccccc4)c3C)nnc2-c2ccncc2)cc1. The molecule has 36 heavy (non-hydrogen) atoms. The van der Waals surface area contributed by atoms with Gasteiger partial charge in [-0.15, -0.1) is 10.2 Å². The Bertz CT molecular complexity index is 1490. The summed E-state index contributed by atoms with van der Waals surface area (Å²) in [4.78, 5) is 17.1. The van der Waals surface area contributed by atoms with Gasteiger partial charge in [0.2, 0.25) is 5.91 Å². The van der Waals surface area contributed by atoms with Gasteiger partial charge in [0.15, 0.2) is 11.0 Å². The summed E-state index contributed by atoms with van der Waals surface area (Å²) in [7, 11) is 0. The Hall–Kier alpha value is -4.24. The lowest BCUT2D eigenvalue weighted by Gasteiger charge is -2.11. The average Bonchev–Trinajstić information content (AvgIpc) is 3.45. The summed E-state index contributed by atoms with van der Waals surface area (Å²) < 4.78 is 3.81. The quantitative estimate of drug-likeness (QED) is 0.313. The predicted molar refractivity (Wildman–Crippen MR) is 142 cm³/mol. The zero-order valence-electron chi connectivity index (χ0n) is 20.2. The van der Waals surface area contributed by atoms with E-state index in [0.29, 0.717) is 11.0 Å². The Labute approximate surface area is 213 Å². The van der Waals surface area contributed by atoms with Gasteiger partial charge in [-0.3, -0.25) is 14.3 Å². The highest BCUT2D eigenvalue weighted by Crippen LogP contribution is 2.29. The zero-order chi connectivity index (χ0) is 25.1. The number of amides is 1. The van der Waals surface area contributed by atoms with Crippen molar-refractivity contribution in [3.8, 4) is 22.8 Å². The van der Waals surface area contributed by atoms with E-state index in [1.165, 1.54) is 11.8 Å². The molecule has 3 aromatic heterocycles. The summed E-state index contributed by atoms with van der Waals surface area (Å²) in [5.74, 6) is 0.734. The summed E-state index contributed by atoms with van der Waals surface area (Å²) in [6.45, 7) is 5.89. The van der Waals surface area contributed by atoms with Crippen molar-refractivity contribution < 1.29 is 4.79 Å². The number of hydrogen-bond donors (Lipinski definition) is 1. The van der Waals surface area contributed by atoms with Crippen LogP contribution in [-0.2, 0) is 4.79 Å². The largest absolute Gasteiger partial charge is 0.322 e. The van der Waals surface area contributed by atoms with Crippen molar-refractivity contribution in [3.63, 3.8) is 0 Å². The molecule has 0 aliphatic heterocycles. The lowest BCUT2D eigenvalue weighted by atomic mass is 10.2. The molecule has 1 N–H and O–H groups in total. The fourth-order valence-electron chi connectivity index (χ4n) is 3.93. The van der Waals surface area contributed by atoms with Crippen LogP contribution in [0.5, 0.6) is 0 Å². The third-order valence-corrected chi connectivity index (χ3v) is 6.68. The van der Waals surface area contributed by atoms with Crippen LogP contribution in [0.2, 0.25) is 0 Å². The zero-order valence-corrected chi connectivity index (χ0v) is 21.0. The molecule has 0 saturated heterocycles. The summed E-state index contributed by atoms with van der Waals surface area (Å²) in [6.07, 6.45) is 3.45. The molecule has 0 saturated carbocycles. The molecule has 2 aromatic carbocycles. The molecule has 5 rings (SSSR count). The maximum absolute atomic E-state index is 13.0. The van der Waals surface area contributed by atoms with Crippen molar-refractivity contribution in [1.82, 2.24) is 29.5 Å². The van der Waals surface area contributed by atoms with Gasteiger partial charge in [-0.2, -0.15) is 5.10 Å². The number of rotatable bonds is 7. The number of benzene rings is 2. The van der Waals surface area contributed by atoms with Crippen LogP contribution in [0.25, 0.3) is 22.8 Å². The normalized spacial score (nSPS) is 11.0. The second-order valence-corrected chi connectivity index (χ2v) is 9.29. The highest BCUT2D eigenvalue weighted by atomic mass is 32.2. The molecule has 3 heterocycles. The van der Waals surface area contributed by atoms with Crippen LogP contribution in [0.15, 0.2) is 84.3 Å². The van der Waals surface area contributed by atoms with Crippen LogP contribution < -0.4 is 5.32 Å². The van der Waals surface area contributed by atoms with Gasteiger partial charge < -0.3 is 5.32 Å². The fourth-order valence-corrected chi connectivity index (χ4v) is 4.68. The first-order valence-electron chi connectivity index (χ1n) is 11.5. The van der Waals surface area contributed by atoms with Crippen molar-refractivity contribution >= 4 is 23.4 Å². The Balaban J connectivity index is 1.38. The minimum Gasteiger partial charge on any atom is -0.322 e. The third-order valence-electron chi connectivity index (χ3n) is 5.75. The number of hydrogen-bond acceptors (Lipinski definition) is 6. The molecule has 0 radical (unpaired) electrons. The minimum atomic E-state index is -0.136. The van der Waals surface area contributed by atoms with E-state index >= 15 is 0 Å². The number of aromatic nitrogens is 6. The van der Waals surface area contributed by atoms with Crippen LogP contribution in [0.4, 0.5) is 5.69 Å². The van der Waals surface area contributed by atoms with E-state index in [4.69, 9.17) is 0 Å². The number of anilines is 1. The highest BCUT2D eigenvalue weighted by molar-refractivity contribution is 7.99. The predicted octanol–water partition coefficient (Wildman–Crippen LogP) is 5.17. The molecule has 0 atom stereocenters. The van der Waals surface area contributed by atoms with Crippen LogP contribution in [0.1, 0.15) is 17.0 Å².